The van der Waals surface area contributed by atoms with Gasteiger partial charge in [0, 0.05) is 0 Å². The Morgan fingerprint density at radius 2 is 0.935 bits per heavy atom. The van der Waals surface area contributed by atoms with Gasteiger partial charge in [-0.1, -0.05) is 124 Å². The van der Waals surface area contributed by atoms with E-state index in [0.29, 0.717) is 59.1 Å². The molecule has 2 atom stereocenters. The Morgan fingerprint density at radius 3 is 1.35 bits per heavy atom. The van der Waals surface area contributed by atoms with Gasteiger partial charge in [0.2, 0.25) is 0 Å². The largest absolute Gasteiger partial charge is 0.508 e. The molecular weight excluding hydrogens is 822 g/mol. The van der Waals surface area contributed by atoms with Crippen molar-refractivity contribution in [2.75, 3.05) is 6.61 Å². The van der Waals surface area contributed by atoms with Crippen molar-refractivity contribution in [3.63, 3.8) is 0 Å². The van der Waals surface area contributed by atoms with Crippen molar-refractivity contribution in [2.24, 2.45) is 0 Å². The number of hydrogen-bond acceptors (Lipinski definition) is 8. The highest BCUT2D eigenvalue weighted by Crippen LogP contribution is 2.66. The average Bonchev–Trinajstić information content (AvgIpc) is 3.19. The number of benzene rings is 3. The van der Waals surface area contributed by atoms with Crippen molar-refractivity contribution in [1.82, 2.24) is 0 Å². The maximum atomic E-state index is 15.3. The number of phosphoric acid groups is 2. The first-order valence-corrected chi connectivity index (χ1v) is 26.6. The summed E-state index contributed by atoms with van der Waals surface area (Å²) in [7, 11) is -10.6. The second kappa shape index (κ2) is 26.3. The number of unbranched alkanes of at least 4 members (excludes halogenated alkanes) is 13. The van der Waals surface area contributed by atoms with Gasteiger partial charge in [0.15, 0.2) is 0 Å². The van der Waals surface area contributed by atoms with Crippen molar-refractivity contribution in [2.45, 2.75) is 202 Å². The number of phenols is 3. The van der Waals surface area contributed by atoms with Crippen LogP contribution in [-0.2, 0) is 47.4 Å². The normalized spacial score (nSPS) is 13.7. The Morgan fingerprint density at radius 1 is 0.548 bits per heavy atom. The van der Waals surface area contributed by atoms with Crippen molar-refractivity contribution in [3.8, 4) is 17.2 Å². The summed E-state index contributed by atoms with van der Waals surface area (Å²) in [5, 5.41) is 33.6. The Hall–Kier alpha value is -2.68. The molecule has 0 spiro atoms. The number of phosphoric ester groups is 1. The lowest BCUT2D eigenvalue weighted by molar-refractivity contribution is 0.0355. The predicted molar refractivity (Wildman–Crippen MR) is 252 cm³/mol. The lowest BCUT2D eigenvalue weighted by Crippen LogP contribution is -2.35. The summed E-state index contributed by atoms with van der Waals surface area (Å²) >= 11 is 0. The van der Waals surface area contributed by atoms with E-state index in [2.05, 4.69) is 27.7 Å². The summed E-state index contributed by atoms with van der Waals surface area (Å²) < 4.78 is 46.1. The zero-order valence-electron chi connectivity index (χ0n) is 39.3. The molecule has 5 N–H and O–H groups in total. The first-order valence-electron chi connectivity index (χ1n) is 23.6. The summed E-state index contributed by atoms with van der Waals surface area (Å²) in [6, 6.07) is 10.8. The van der Waals surface area contributed by atoms with E-state index < -0.39 is 21.2 Å². The Balaban J connectivity index is 2.27. The molecule has 2 unspecified atom stereocenters. The van der Waals surface area contributed by atoms with Crippen LogP contribution in [0.1, 0.15) is 206 Å². The molecule has 3 aromatic rings. The number of aryl methyl sites for hydroxylation is 6. The quantitative estimate of drug-likeness (QED) is 0.0310. The highest BCUT2D eigenvalue weighted by molar-refractivity contribution is 7.61. The molecule has 12 heteroatoms. The fraction of sp³-hybridized carbons (Fsp3) is 0.640. The molecule has 3 rings (SSSR count). The third-order valence-electron chi connectivity index (χ3n) is 12.2. The smallest absolute Gasteiger partial charge is 0.484 e. The van der Waals surface area contributed by atoms with E-state index in [4.69, 9.17) is 13.4 Å². The Labute approximate surface area is 374 Å². The second-order valence-electron chi connectivity index (χ2n) is 17.7. The number of aromatic hydroxyl groups is 3. The molecule has 0 bridgehead atoms. The van der Waals surface area contributed by atoms with Crippen LogP contribution in [0, 0.1) is 20.8 Å². The van der Waals surface area contributed by atoms with Crippen LogP contribution in [0.15, 0.2) is 36.4 Å². The van der Waals surface area contributed by atoms with Crippen LogP contribution >= 0.6 is 15.6 Å². The lowest BCUT2D eigenvalue weighted by atomic mass is 9.73. The molecule has 0 aromatic heterocycles. The topological polar surface area (TPSA) is 163 Å². The lowest BCUT2D eigenvalue weighted by Gasteiger charge is -2.41. The van der Waals surface area contributed by atoms with Crippen LogP contribution in [0.2, 0.25) is 0 Å². The summed E-state index contributed by atoms with van der Waals surface area (Å²) in [6.45, 7) is 15.9. The zero-order chi connectivity index (χ0) is 45.9. The minimum Gasteiger partial charge on any atom is -0.508 e. The third kappa shape index (κ3) is 16.4. The Bertz CT molecular complexity index is 1860. The van der Waals surface area contributed by atoms with Crippen molar-refractivity contribution in [1.29, 1.82) is 0 Å². The Kier molecular flexibility index (Phi) is 22.8. The molecular formula is C50H80O10P2. The summed E-state index contributed by atoms with van der Waals surface area (Å²) in [5.74, 6) is 0.0514. The molecule has 10 nitrogen and oxygen atoms in total. The number of hydrogen-bond donors (Lipinski definition) is 5. The van der Waals surface area contributed by atoms with E-state index in [1.807, 2.05) is 45.9 Å². The molecule has 0 saturated heterocycles. The van der Waals surface area contributed by atoms with E-state index >= 15 is 4.57 Å². The summed E-state index contributed by atoms with van der Waals surface area (Å²) in [6.07, 6.45) is 18.9. The van der Waals surface area contributed by atoms with Crippen LogP contribution in [0.4, 0.5) is 0 Å². The van der Waals surface area contributed by atoms with E-state index in [9.17, 15) is 29.7 Å². The van der Waals surface area contributed by atoms with Gasteiger partial charge in [-0.15, -0.1) is 0 Å². The molecule has 0 amide bonds. The average molecular weight is 903 g/mol. The van der Waals surface area contributed by atoms with Crippen molar-refractivity contribution < 1.29 is 47.6 Å². The van der Waals surface area contributed by atoms with Crippen LogP contribution < -0.4 is 0 Å². The first-order chi connectivity index (χ1) is 29.4. The predicted octanol–water partition coefficient (Wildman–Crippen LogP) is 14.8. The van der Waals surface area contributed by atoms with Crippen molar-refractivity contribution >= 4 is 15.6 Å². The minimum atomic E-state index is -5.47. The van der Waals surface area contributed by atoms with Gasteiger partial charge in [-0.05, 0) is 158 Å². The highest BCUT2D eigenvalue weighted by atomic mass is 31.3. The van der Waals surface area contributed by atoms with Crippen molar-refractivity contribution in [3.05, 3.63) is 86.5 Å². The van der Waals surface area contributed by atoms with Crippen LogP contribution in [0.3, 0.4) is 0 Å². The van der Waals surface area contributed by atoms with Gasteiger partial charge in [0.1, 0.15) is 22.8 Å². The van der Waals surface area contributed by atoms with Gasteiger partial charge in [-0.2, -0.15) is 4.31 Å². The van der Waals surface area contributed by atoms with E-state index in [1.54, 1.807) is 18.2 Å². The highest BCUT2D eigenvalue weighted by Gasteiger charge is 2.50. The molecule has 3 aromatic carbocycles. The SMILES string of the molecule is CCCCCCCCCCCCCOP(=O)(OC(CC(C)c1cc(CCCC)c(O)cc1C)(c1cc(CCCC)c(O)cc1C)c1cc(CCCC)c(O)cc1C)OP(=O)(O)O. The number of rotatable bonds is 31. The maximum Gasteiger partial charge on any atom is 0.484 e. The molecule has 0 radical (unpaired) electrons. The molecule has 350 valence electrons. The molecule has 0 heterocycles. The zero-order valence-corrected chi connectivity index (χ0v) is 41.1. The van der Waals surface area contributed by atoms with Crippen LogP contribution in [0.5, 0.6) is 17.2 Å². The third-order valence-corrected chi connectivity index (χ3v) is 14.9. The van der Waals surface area contributed by atoms with E-state index in [1.165, 1.54) is 38.5 Å². The minimum absolute atomic E-state index is 0.0831. The van der Waals surface area contributed by atoms with Gasteiger partial charge >= 0.3 is 15.6 Å². The van der Waals surface area contributed by atoms with E-state index in [0.717, 1.165) is 80.9 Å². The van der Waals surface area contributed by atoms with Gasteiger partial charge in [0.05, 0.1) is 6.61 Å². The molecule has 0 fully saturated rings. The fourth-order valence-electron chi connectivity index (χ4n) is 8.71. The monoisotopic (exact) mass is 903 g/mol. The van der Waals surface area contributed by atoms with Gasteiger partial charge in [-0.25, -0.2) is 9.13 Å². The molecule has 0 aliphatic carbocycles. The van der Waals surface area contributed by atoms with Crippen LogP contribution in [0.25, 0.3) is 0 Å². The molecule has 0 aliphatic rings. The van der Waals surface area contributed by atoms with Gasteiger partial charge in [0.25, 0.3) is 0 Å². The first kappa shape index (κ1) is 53.7. The van der Waals surface area contributed by atoms with E-state index in [-0.39, 0.29) is 36.2 Å². The summed E-state index contributed by atoms with van der Waals surface area (Å²) in [5.41, 5.74) is 4.32. The standard InChI is InChI=1S/C50H80O10P2/c1-9-13-17-18-19-20-21-22-23-24-25-29-58-62(57,60-61(54,55)56)59-50(45-34-42(27-15-11-3)48(52)31-38(45)6,46-35-43(28-16-12-4)49(53)32-39(46)7)36-40(8)44-33-41(26-14-10-2)47(51)30-37(44)5/h30-35,40,51-53H,9-29,36H2,1-8H3,(H2,54,55,56). The van der Waals surface area contributed by atoms with Crippen LogP contribution in [-0.4, -0.2) is 31.7 Å². The molecule has 0 aliphatic heterocycles. The maximum absolute atomic E-state index is 15.3. The second-order valence-corrected chi connectivity index (χ2v) is 20.6. The summed E-state index contributed by atoms with van der Waals surface area (Å²) in [4.78, 5) is 20.7. The molecule has 62 heavy (non-hydrogen) atoms. The number of phenolic OH excluding ortho intramolecular Hbond substituents is 3. The van der Waals surface area contributed by atoms with Gasteiger partial charge < -0.3 is 25.1 Å². The van der Waals surface area contributed by atoms with Gasteiger partial charge in [-0.3, -0.25) is 9.05 Å². The molecule has 0 saturated carbocycles. The fourth-order valence-corrected chi connectivity index (χ4v) is 11.1.